The first kappa shape index (κ1) is 7.62. The summed E-state index contributed by atoms with van der Waals surface area (Å²) in [6, 6.07) is 8.29. The molecule has 0 unspecified atom stereocenters. The number of ether oxygens (including phenoxy) is 1. The molecule has 2 heteroatoms. The predicted octanol–water partition coefficient (Wildman–Crippen LogP) is 1.51. The monoisotopic (exact) mass is 163 g/mol. The molecule has 1 aromatic rings. The van der Waals surface area contributed by atoms with E-state index in [0.29, 0.717) is 5.92 Å². The summed E-state index contributed by atoms with van der Waals surface area (Å²) in [6.07, 6.45) is 0. The van der Waals surface area contributed by atoms with E-state index in [2.05, 4.69) is 6.07 Å². The Balaban J connectivity index is 2.36. The van der Waals surface area contributed by atoms with E-state index < -0.39 is 0 Å². The number of hydrogen-bond donors (Lipinski definition) is 1. The van der Waals surface area contributed by atoms with Crippen LogP contribution in [-0.2, 0) is 0 Å². The first-order valence-corrected chi connectivity index (χ1v) is 4.26. The molecule has 0 bridgehead atoms. The topological polar surface area (TPSA) is 35.2 Å². The molecular weight excluding hydrogens is 150 g/mol. The zero-order valence-electron chi connectivity index (χ0n) is 7.16. The van der Waals surface area contributed by atoms with E-state index in [1.54, 1.807) is 0 Å². The van der Waals surface area contributed by atoms with E-state index in [4.69, 9.17) is 10.5 Å². The third kappa shape index (κ3) is 1.08. The minimum atomic E-state index is 0.175. The third-order valence-electron chi connectivity index (χ3n) is 2.37. The Morgan fingerprint density at radius 3 is 3.00 bits per heavy atom. The Kier molecular flexibility index (Phi) is 1.77. The summed E-state index contributed by atoms with van der Waals surface area (Å²) in [5.74, 6) is 1.38. The molecule has 2 nitrogen and oxygen atoms in total. The maximum atomic E-state index is 5.83. The Bertz CT molecular complexity index is 283. The van der Waals surface area contributed by atoms with Gasteiger partial charge in [-0.25, -0.2) is 0 Å². The molecular formula is C10H13NO. The van der Waals surface area contributed by atoms with E-state index >= 15 is 0 Å². The molecule has 0 fully saturated rings. The second-order valence-electron chi connectivity index (χ2n) is 3.31. The molecule has 0 radical (unpaired) electrons. The van der Waals surface area contributed by atoms with Gasteiger partial charge in [0.1, 0.15) is 5.75 Å². The normalized spacial score (nSPS) is 23.0. The van der Waals surface area contributed by atoms with Crippen LogP contribution in [0, 0.1) is 0 Å². The third-order valence-corrected chi connectivity index (χ3v) is 2.37. The van der Waals surface area contributed by atoms with Crippen molar-refractivity contribution in [3.8, 4) is 5.75 Å². The predicted molar refractivity (Wildman–Crippen MR) is 48.3 cm³/mol. The first-order chi connectivity index (χ1) is 5.79. The zero-order chi connectivity index (χ0) is 8.55. The highest BCUT2D eigenvalue weighted by molar-refractivity contribution is 5.40. The van der Waals surface area contributed by atoms with Crippen LogP contribution in [0.15, 0.2) is 24.3 Å². The van der Waals surface area contributed by atoms with Crippen molar-refractivity contribution < 1.29 is 4.74 Å². The molecule has 1 aliphatic rings. The van der Waals surface area contributed by atoms with Crippen LogP contribution in [0.25, 0.3) is 0 Å². The summed E-state index contributed by atoms with van der Waals surface area (Å²) in [6.45, 7) is 2.76. The number of fused-ring (bicyclic) bond motifs is 1. The molecule has 0 aliphatic carbocycles. The Morgan fingerprint density at radius 2 is 2.25 bits per heavy atom. The summed E-state index contributed by atoms with van der Waals surface area (Å²) >= 11 is 0. The Morgan fingerprint density at radius 1 is 1.50 bits per heavy atom. The lowest BCUT2D eigenvalue weighted by molar-refractivity contribution is 0.318. The molecule has 2 rings (SSSR count). The van der Waals surface area contributed by atoms with Gasteiger partial charge in [-0.2, -0.15) is 0 Å². The number of nitrogens with two attached hydrogens (primary N) is 1. The van der Waals surface area contributed by atoms with Gasteiger partial charge in [0.2, 0.25) is 0 Å². The van der Waals surface area contributed by atoms with Crippen molar-refractivity contribution in [1.29, 1.82) is 0 Å². The molecule has 2 atom stereocenters. The molecule has 0 aromatic heterocycles. The Labute approximate surface area is 72.3 Å². The maximum absolute atomic E-state index is 5.83. The molecule has 12 heavy (non-hydrogen) atoms. The van der Waals surface area contributed by atoms with Gasteiger partial charge in [0.05, 0.1) is 6.61 Å². The fourth-order valence-corrected chi connectivity index (χ4v) is 1.62. The molecule has 2 N–H and O–H groups in total. The summed E-state index contributed by atoms with van der Waals surface area (Å²) in [5, 5.41) is 0. The van der Waals surface area contributed by atoms with Crippen LogP contribution in [0.4, 0.5) is 0 Å². The average Bonchev–Trinajstić information content (AvgIpc) is 2.47. The average molecular weight is 163 g/mol. The quantitative estimate of drug-likeness (QED) is 0.681. The van der Waals surface area contributed by atoms with Crippen molar-refractivity contribution in [2.24, 2.45) is 5.73 Å². The van der Waals surface area contributed by atoms with Crippen molar-refractivity contribution in [2.45, 2.75) is 18.9 Å². The fourth-order valence-electron chi connectivity index (χ4n) is 1.62. The second-order valence-corrected chi connectivity index (χ2v) is 3.31. The summed E-state index contributed by atoms with van der Waals surface area (Å²) < 4.78 is 5.49. The van der Waals surface area contributed by atoms with Crippen LogP contribution in [0.3, 0.4) is 0 Å². The standard InChI is InChI=1S/C10H13NO/c1-7(11)9-6-12-10-5-3-2-4-8(9)10/h2-5,7,9H,6,11H2,1H3/t7-,9+/m1/s1. The summed E-state index contributed by atoms with van der Waals surface area (Å²) in [5.41, 5.74) is 7.09. The van der Waals surface area contributed by atoms with Gasteiger partial charge in [-0.15, -0.1) is 0 Å². The van der Waals surface area contributed by atoms with Crippen molar-refractivity contribution in [3.63, 3.8) is 0 Å². The second kappa shape index (κ2) is 2.79. The minimum absolute atomic E-state index is 0.175. The number of rotatable bonds is 1. The number of para-hydroxylation sites is 1. The van der Waals surface area contributed by atoms with Crippen LogP contribution in [-0.4, -0.2) is 12.6 Å². The SMILES string of the molecule is C[C@@H](N)[C@@H]1COc2ccccc21. The van der Waals surface area contributed by atoms with Crippen LogP contribution in [0.2, 0.25) is 0 Å². The Hall–Kier alpha value is -1.02. The van der Waals surface area contributed by atoms with E-state index in [0.717, 1.165) is 12.4 Å². The van der Waals surface area contributed by atoms with E-state index in [-0.39, 0.29) is 6.04 Å². The lowest BCUT2D eigenvalue weighted by Crippen LogP contribution is -2.25. The largest absolute Gasteiger partial charge is 0.493 e. The molecule has 0 saturated heterocycles. The van der Waals surface area contributed by atoms with Gasteiger partial charge >= 0.3 is 0 Å². The van der Waals surface area contributed by atoms with Crippen molar-refractivity contribution in [3.05, 3.63) is 29.8 Å². The number of benzene rings is 1. The van der Waals surface area contributed by atoms with Gasteiger partial charge in [-0.3, -0.25) is 0 Å². The summed E-state index contributed by atoms with van der Waals surface area (Å²) in [4.78, 5) is 0. The maximum Gasteiger partial charge on any atom is 0.122 e. The highest BCUT2D eigenvalue weighted by Gasteiger charge is 2.26. The van der Waals surface area contributed by atoms with E-state index in [9.17, 15) is 0 Å². The van der Waals surface area contributed by atoms with Crippen molar-refractivity contribution in [2.75, 3.05) is 6.61 Å². The summed E-state index contributed by atoms with van der Waals surface area (Å²) in [7, 11) is 0. The van der Waals surface area contributed by atoms with Gasteiger partial charge in [0.15, 0.2) is 0 Å². The highest BCUT2D eigenvalue weighted by atomic mass is 16.5. The van der Waals surface area contributed by atoms with Gasteiger partial charge in [0, 0.05) is 17.5 Å². The molecule has 0 amide bonds. The van der Waals surface area contributed by atoms with Crippen LogP contribution in [0.1, 0.15) is 18.4 Å². The van der Waals surface area contributed by atoms with E-state index in [1.807, 2.05) is 25.1 Å². The molecule has 1 heterocycles. The highest BCUT2D eigenvalue weighted by Crippen LogP contribution is 2.34. The van der Waals surface area contributed by atoms with E-state index in [1.165, 1.54) is 5.56 Å². The van der Waals surface area contributed by atoms with Crippen LogP contribution < -0.4 is 10.5 Å². The molecule has 0 saturated carbocycles. The molecule has 64 valence electrons. The van der Waals surface area contributed by atoms with Crippen molar-refractivity contribution in [1.82, 2.24) is 0 Å². The number of hydrogen-bond acceptors (Lipinski definition) is 2. The lowest BCUT2D eigenvalue weighted by Gasteiger charge is -2.11. The minimum Gasteiger partial charge on any atom is -0.493 e. The van der Waals surface area contributed by atoms with Crippen LogP contribution >= 0.6 is 0 Å². The van der Waals surface area contributed by atoms with Gasteiger partial charge in [0.25, 0.3) is 0 Å². The van der Waals surface area contributed by atoms with Gasteiger partial charge < -0.3 is 10.5 Å². The van der Waals surface area contributed by atoms with Crippen molar-refractivity contribution >= 4 is 0 Å². The van der Waals surface area contributed by atoms with Crippen LogP contribution in [0.5, 0.6) is 5.75 Å². The lowest BCUT2D eigenvalue weighted by atomic mass is 9.95. The molecule has 1 aliphatic heterocycles. The molecule has 0 spiro atoms. The van der Waals surface area contributed by atoms with Gasteiger partial charge in [-0.1, -0.05) is 18.2 Å². The fraction of sp³-hybridized carbons (Fsp3) is 0.400. The zero-order valence-corrected chi connectivity index (χ0v) is 7.16. The first-order valence-electron chi connectivity index (χ1n) is 4.26. The molecule has 1 aromatic carbocycles. The van der Waals surface area contributed by atoms with Gasteiger partial charge in [-0.05, 0) is 13.0 Å². The smallest absolute Gasteiger partial charge is 0.122 e.